The van der Waals surface area contributed by atoms with Crippen LogP contribution in [0.3, 0.4) is 0 Å². The lowest BCUT2D eigenvalue weighted by Gasteiger charge is -2.17. The van der Waals surface area contributed by atoms with Gasteiger partial charge in [0.05, 0.1) is 16.8 Å². The van der Waals surface area contributed by atoms with Crippen LogP contribution in [0.25, 0.3) is 10.8 Å². The van der Waals surface area contributed by atoms with Gasteiger partial charge in [0.1, 0.15) is 6.54 Å². The van der Waals surface area contributed by atoms with Crippen LogP contribution in [0.2, 0.25) is 0 Å². The Hall–Kier alpha value is -2.71. The Morgan fingerprint density at radius 3 is 2.73 bits per heavy atom. The Morgan fingerprint density at radius 2 is 2.00 bits per heavy atom. The number of hydrogen-bond acceptors (Lipinski definition) is 5. The van der Waals surface area contributed by atoms with Crippen LogP contribution in [0.1, 0.15) is 10.4 Å². The van der Waals surface area contributed by atoms with E-state index in [1.165, 1.54) is 11.3 Å². The molecule has 1 N–H and O–H groups in total. The number of carbonyl (C=O) groups excluding carboxylic acids is 1. The molecule has 0 bridgehead atoms. The van der Waals surface area contributed by atoms with Gasteiger partial charge in [-0.2, -0.15) is 5.10 Å². The molecule has 1 aliphatic heterocycles. The standard InChI is InChI=1S/C18H15N3O3S2/c1-12-8-9-25-15(12)10-19-20-17(22)11-21-14-6-2-4-13-5-3-7-16(18(13)14)26(21,23)24/h2-10H,11H2,1H3,(H,20,22)/b19-10-. The highest BCUT2D eigenvalue weighted by Crippen LogP contribution is 2.41. The van der Waals surface area contributed by atoms with Crippen molar-refractivity contribution in [3.63, 3.8) is 0 Å². The maximum atomic E-state index is 12.8. The van der Waals surface area contributed by atoms with Gasteiger partial charge in [-0.25, -0.2) is 13.8 Å². The van der Waals surface area contributed by atoms with Crippen LogP contribution < -0.4 is 9.73 Å². The summed E-state index contributed by atoms with van der Waals surface area (Å²) in [5, 5.41) is 7.35. The topological polar surface area (TPSA) is 78.8 Å². The fourth-order valence-electron chi connectivity index (χ4n) is 2.97. The highest BCUT2D eigenvalue weighted by molar-refractivity contribution is 7.93. The molecule has 0 radical (unpaired) electrons. The van der Waals surface area contributed by atoms with Crippen molar-refractivity contribution in [2.24, 2.45) is 5.10 Å². The third-order valence-electron chi connectivity index (χ3n) is 4.24. The first-order valence-electron chi connectivity index (χ1n) is 7.89. The van der Waals surface area contributed by atoms with Crippen LogP contribution in [0.15, 0.2) is 57.8 Å². The van der Waals surface area contributed by atoms with Crippen molar-refractivity contribution in [3.8, 4) is 0 Å². The monoisotopic (exact) mass is 385 g/mol. The molecule has 26 heavy (non-hydrogen) atoms. The van der Waals surface area contributed by atoms with Gasteiger partial charge < -0.3 is 0 Å². The molecule has 2 aromatic carbocycles. The second-order valence-electron chi connectivity index (χ2n) is 5.90. The summed E-state index contributed by atoms with van der Waals surface area (Å²) >= 11 is 1.52. The molecule has 3 aromatic rings. The lowest BCUT2D eigenvalue weighted by molar-refractivity contribution is -0.119. The van der Waals surface area contributed by atoms with E-state index in [0.29, 0.717) is 11.1 Å². The van der Waals surface area contributed by atoms with E-state index in [0.717, 1.165) is 20.1 Å². The van der Waals surface area contributed by atoms with Crippen molar-refractivity contribution in [2.45, 2.75) is 11.8 Å². The van der Waals surface area contributed by atoms with E-state index in [2.05, 4.69) is 10.5 Å². The number of hydrogen-bond donors (Lipinski definition) is 1. The number of sulfonamides is 1. The Labute approximate surface area is 154 Å². The summed E-state index contributed by atoms with van der Waals surface area (Å²) in [5.41, 5.74) is 3.99. The fraction of sp³-hybridized carbons (Fsp3) is 0.111. The van der Waals surface area contributed by atoms with E-state index in [9.17, 15) is 13.2 Å². The van der Waals surface area contributed by atoms with Crippen LogP contribution in [0, 0.1) is 6.92 Å². The van der Waals surface area contributed by atoms with Crippen molar-refractivity contribution in [2.75, 3.05) is 10.8 Å². The number of nitrogens with one attached hydrogen (secondary N) is 1. The van der Waals surface area contributed by atoms with Crippen molar-refractivity contribution in [3.05, 3.63) is 58.3 Å². The van der Waals surface area contributed by atoms with Gasteiger partial charge in [-0.15, -0.1) is 11.3 Å². The molecule has 1 amide bonds. The number of benzene rings is 2. The highest BCUT2D eigenvalue weighted by atomic mass is 32.2. The molecule has 1 aliphatic rings. The number of rotatable bonds is 4. The minimum absolute atomic E-state index is 0.233. The first kappa shape index (κ1) is 16.7. The van der Waals surface area contributed by atoms with Gasteiger partial charge in [-0.05, 0) is 41.5 Å². The quantitative estimate of drug-likeness (QED) is 0.554. The summed E-state index contributed by atoms with van der Waals surface area (Å²) in [4.78, 5) is 13.4. The minimum Gasteiger partial charge on any atom is -0.271 e. The molecule has 6 nitrogen and oxygen atoms in total. The number of carbonyl (C=O) groups is 1. The van der Waals surface area contributed by atoms with Gasteiger partial charge in [-0.3, -0.25) is 9.10 Å². The molecule has 8 heteroatoms. The summed E-state index contributed by atoms with van der Waals surface area (Å²) in [7, 11) is -3.75. The lowest BCUT2D eigenvalue weighted by Crippen LogP contribution is -2.37. The van der Waals surface area contributed by atoms with Gasteiger partial charge in [-0.1, -0.05) is 24.3 Å². The second-order valence-corrected chi connectivity index (χ2v) is 8.68. The molecule has 0 fully saturated rings. The number of nitrogens with zero attached hydrogens (tertiary/aromatic N) is 2. The van der Waals surface area contributed by atoms with Crippen molar-refractivity contribution in [1.82, 2.24) is 5.43 Å². The molecular formula is C18H15N3O3S2. The van der Waals surface area contributed by atoms with Gasteiger partial charge >= 0.3 is 0 Å². The van der Waals surface area contributed by atoms with Crippen molar-refractivity contribution in [1.29, 1.82) is 0 Å². The average molecular weight is 385 g/mol. The molecule has 0 spiro atoms. The summed E-state index contributed by atoms with van der Waals surface area (Å²) < 4.78 is 26.8. The average Bonchev–Trinajstić information content (AvgIpc) is 3.11. The van der Waals surface area contributed by atoms with E-state index in [1.54, 1.807) is 30.5 Å². The van der Waals surface area contributed by atoms with Crippen LogP contribution in [-0.4, -0.2) is 27.1 Å². The molecule has 0 saturated heterocycles. The zero-order valence-electron chi connectivity index (χ0n) is 13.8. The van der Waals surface area contributed by atoms with Crippen molar-refractivity contribution >= 4 is 49.9 Å². The van der Waals surface area contributed by atoms with E-state index in [-0.39, 0.29) is 11.4 Å². The van der Waals surface area contributed by atoms with Crippen LogP contribution in [0.5, 0.6) is 0 Å². The largest absolute Gasteiger partial charge is 0.271 e. The van der Waals surface area contributed by atoms with Gasteiger partial charge in [0.25, 0.3) is 15.9 Å². The number of amides is 1. The molecule has 0 aliphatic carbocycles. The first-order chi connectivity index (χ1) is 12.5. The molecule has 0 saturated carbocycles. The summed E-state index contributed by atoms with van der Waals surface area (Å²) in [5.74, 6) is -0.496. The SMILES string of the molecule is Cc1ccsc1/C=N\NC(=O)CN1c2cccc3cccc(c23)S1(=O)=O. The third-order valence-corrected chi connectivity index (χ3v) is 7.00. The van der Waals surface area contributed by atoms with Gasteiger partial charge in [0.15, 0.2) is 0 Å². The third kappa shape index (κ3) is 2.67. The fourth-order valence-corrected chi connectivity index (χ4v) is 5.43. The van der Waals surface area contributed by atoms with Gasteiger partial charge in [0, 0.05) is 10.3 Å². The molecule has 132 valence electrons. The molecular weight excluding hydrogens is 370 g/mol. The summed E-state index contributed by atoms with van der Waals surface area (Å²) in [6, 6.07) is 12.4. The summed E-state index contributed by atoms with van der Waals surface area (Å²) in [6.45, 7) is 1.63. The Morgan fingerprint density at radius 1 is 1.23 bits per heavy atom. The Balaban J connectivity index is 1.57. The molecule has 1 aromatic heterocycles. The second kappa shape index (κ2) is 6.22. The maximum Gasteiger partial charge on any atom is 0.265 e. The molecule has 2 heterocycles. The normalized spacial score (nSPS) is 15.0. The van der Waals surface area contributed by atoms with Crippen LogP contribution in [-0.2, 0) is 14.8 Å². The molecule has 0 unspecified atom stereocenters. The van der Waals surface area contributed by atoms with E-state index >= 15 is 0 Å². The smallest absolute Gasteiger partial charge is 0.265 e. The van der Waals surface area contributed by atoms with Crippen molar-refractivity contribution < 1.29 is 13.2 Å². The first-order valence-corrected chi connectivity index (χ1v) is 10.2. The van der Waals surface area contributed by atoms with E-state index < -0.39 is 15.9 Å². The number of aryl methyl sites for hydroxylation is 1. The van der Waals surface area contributed by atoms with Crippen LogP contribution in [0.4, 0.5) is 5.69 Å². The van der Waals surface area contributed by atoms with Gasteiger partial charge in [0.2, 0.25) is 0 Å². The maximum absolute atomic E-state index is 12.8. The Bertz CT molecular complexity index is 1140. The highest BCUT2D eigenvalue weighted by Gasteiger charge is 2.36. The predicted molar refractivity (Wildman–Crippen MR) is 103 cm³/mol. The zero-order valence-corrected chi connectivity index (χ0v) is 15.5. The van der Waals surface area contributed by atoms with E-state index in [1.807, 2.05) is 30.5 Å². The van der Waals surface area contributed by atoms with Crippen LogP contribution >= 0.6 is 11.3 Å². The Kier molecular flexibility index (Phi) is 4.01. The zero-order chi connectivity index (χ0) is 18.3. The lowest BCUT2D eigenvalue weighted by atomic mass is 10.1. The number of anilines is 1. The summed E-state index contributed by atoms with van der Waals surface area (Å²) in [6.07, 6.45) is 1.56. The van der Waals surface area contributed by atoms with E-state index in [4.69, 9.17) is 0 Å². The number of hydrazone groups is 1. The molecule has 0 atom stereocenters. The molecule has 4 rings (SSSR count). The predicted octanol–water partition coefficient (Wildman–Crippen LogP) is 2.87. The minimum atomic E-state index is -3.75. The number of thiophene rings is 1.